The number of carbonyl (C=O) groups is 4. The van der Waals surface area contributed by atoms with E-state index in [0.717, 1.165) is 66.2 Å². The molecule has 8 aromatic heterocycles. The van der Waals surface area contributed by atoms with Crippen LogP contribution in [0.1, 0.15) is 112 Å². The van der Waals surface area contributed by atoms with Crippen molar-refractivity contribution in [3.8, 4) is 22.8 Å². The molecule has 0 unspecified atom stereocenters. The van der Waals surface area contributed by atoms with Crippen molar-refractivity contribution < 1.29 is 28.0 Å². The van der Waals surface area contributed by atoms with Gasteiger partial charge in [0, 0.05) is 38.1 Å². The summed E-state index contributed by atoms with van der Waals surface area (Å²) < 4.78 is 13.1. The molecule has 4 amide bonds. The number of aromatic amines is 4. The lowest BCUT2D eigenvalue weighted by Gasteiger charge is -2.15. The zero-order valence-corrected chi connectivity index (χ0v) is 43.0. The molecular weight excluding hydrogens is 1060 g/mol. The van der Waals surface area contributed by atoms with E-state index in [2.05, 4.69) is 103 Å². The molecule has 30 nitrogen and oxygen atoms in total. The highest BCUT2D eigenvalue weighted by Gasteiger charge is 2.30. The van der Waals surface area contributed by atoms with Gasteiger partial charge in [-0.25, -0.2) is 48.5 Å². The van der Waals surface area contributed by atoms with E-state index in [0.29, 0.717) is 58.5 Å². The molecule has 0 fully saturated rings. The van der Waals surface area contributed by atoms with Crippen molar-refractivity contribution in [2.75, 3.05) is 0 Å². The number of nitrogens with zero attached hydrogens (tertiary/aromatic N) is 14. The van der Waals surface area contributed by atoms with Crippen molar-refractivity contribution >= 4 is 57.4 Å². The second-order valence-electron chi connectivity index (χ2n) is 19.2. The van der Waals surface area contributed by atoms with Crippen molar-refractivity contribution in [3.05, 3.63) is 174 Å². The molecule has 2 aliphatic rings. The Kier molecular flexibility index (Phi) is 12.5. The van der Waals surface area contributed by atoms with Crippen LogP contribution in [0.4, 0.5) is 0 Å². The Bertz CT molecular complexity index is 4630. The molecule has 14 rings (SSSR count). The zero-order valence-electron chi connectivity index (χ0n) is 43.0. The summed E-state index contributed by atoms with van der Waals surface area (Å²) >= 11 is 0. The lowest BCUT2D eigenvalue weighted by molar-refractivity contribution is 0.0918. The van der Waals surface area contributed by atoms with Crippen LogP contribution in [0.5, 0.6) is 0 Å². The monoisotopic (exact) mass is 1100 g/mol. The molecule has 8 heterocycles. The standard InChI is InChI=1S/2C26H21N11O4/c1-12-28-18-8-13(2-7-21(18)41-12)11-27-24(39)20-10-19(30-25-33-34-26(40)37(20)25)23(38)29-17-6-4-14-9-15(3-5-16(14)17)22-31-35-36-32-22;1-12-28-18-8-13(2-7-21(18)41-12)11-27-23(38)19-10-20(37-25(30-19)33-34-26(37)40)24(39)29-17-6-4-14-9-15(3-5-16(14)17)22-31-35-36-32-22/h2-3,5,7-10,17H,4,6,11H2,1H3,(H,27,39)(H,29,38)(H,34,40)(H,31,32,35,36);2-3,5,7-10,17H,4,6,11H2,1H3,(H,27,38)(H,29,39)(H,34,40)(H,31,32,35,36)/t2*17-/m00/s1. The minimum absolute atomic E-state index is 0.0435. The van der Waals surface area contributed by atoms with Gasteiger partial charge in [0.05, 0.1) is 12.1 Å². The number of hydrogen-bond acceptors (Lipinski definition) is 20. The highest BCUT2D eigenvalue weighted by atomic mass is 16.4. The average Bonchev–Trinajstić information content (AvgIpc) is 4.53. The van der Waals surface area contributed by atoms with Gasteiger partial charge in [0.25, 0.3) is 35.2 Å². The SMILES string of the molecule is Cc1nc2cc(CNC(=O)c3cc(C(=O)N[C@H]4CCc5cc(-c6nn[nH]n6)ccc54)n4c(=O)[nH]nc4n3)ccc2o1.Cc1nc2cc(CNC(=O)c3cc(C(=O)N[C@H]4CCc5cc(-c6nn[nH]n6)ccc54)nc4n[nH]c(=O)n34)ccc2o1. The van der Waals surface area contributed by atoms with Crippen molar-refractivity contribution in [2.24, 2.45) is 0 Å². The molecule has 0 spiro atoms. The van der Waals surface area contributed by atoms with Crippen LogP contribution in [-0.2, 0) is 25.9 Å². The third-order valence-electron chi connectivity index (χ3n) is 14.0. The number of oxazole rings is 2. The maximum absolute atomic E-state index is 13.5. The third kappa shape index (κ3) is 9.59. The Morgan fingerprint density at radius 1 is 0.549 bits per heavy atom. The molecule has 8 N–H and O–H groups in total. The van der Waals surface area contributed by atoms with Gasteiger partial charge < -0.3 is 30.1 Å². The van der Waals surface area contributed by atoms with Gasteiger partial charge in [-0.1, -0.05) is 36.4 Å². The lowest BCUT2D eigenvalue weighted by Crippen LogP contribution is -2.32. The summed E-state index contributed by atoms with van der Waals surface area (Å²) in [5, 5.41) is 52.0. The summed E-state index contributed by atoms with van der Waals surface area (Å²) in [7, 11) is 0. The topological polar surface area (TPSA) is 403 Å². The molecule has 0 saturated carbocycles. The predicted octanol–water partition coefficient (Wildman–Crippen LogP) is 2.79. The van der Waals surface area contributed by atoms with E-state index in [4.69, 9.17) is 8.83 Å². The minimum atomic E-state index is -0.647. The van der Waals surface area contributed by atoms with Gasteiger partial charge in [0.1, 0.15) is 33.8 Å². The van der Waals surface area contributed by atoms with Crippen molar-refractivity contribution in [2.45, 2.75) is 64.7 Å². The number of benzene rings is 4. The molecule has 0 bridgehead atoms. The fourth-order valence-corrected chi connectivity index (χ4v) is 10.2. The van der Waals surface area contributed by atoms with Crippen LogP contribution in [0, 0.1) is 13.8 Å². The maximum atomic E-state index is 13.5. The molecule has 2 aliphatic carbocycles. The highest BCUT2D eigenvalue weighted by molar-refractivity contribution is 5.99. The Labute approximate surface area is 457 Å². The number of carbonyl (C=O) groups excluding carboxylic acids is 4. The molecule has 2 atom stereocenters. The van der Waals surface area contributed by atoms with Crippen LogP contribution in [-0.4, -0.2) is 114 Å². The van der Waals surface area contributed by atoms with Crippen molar-refractivity contribution in [1.29, 1.82) is 0 Å². The predicted molar refractivity (Wildman–Crippen MR) is 283 cm³/mol. The van der Waals surface area contributed by atoms with E-state index in [1.807, 2.05) is 60.7 Å². The second kappa shape index (κ2) is 20.4. The molecule has 0 radical (unpaired) electrons. The first kappa shape index (κ1) is 50.1. The van der Waals surface area contributed by atoms with Gasteiger partial charge in [-0.3, -0.25) is 19.2 Å². The van der Waals surface area contributed by atoms with E-state index in [-0.39, 0.29) is 59.5 Å². The van der Waals surface area contributed by atoms with Gasteiger partial charge in [0.2, 0.25) is 11.6 Å². The number of fused-ring (bicyclic) bond motifs is 6. The maximum Gasteiger partial charge on any atom is 0.349 e. The Morgan fingerprint density at radius 2 is 1.02 bits per heavy atom. The molecule has 30 heteroatoms. The first-order valence-corrected chi connectivity index (χ1v) is 25.5. The van der Waals surface area contributed by atoms with Crippen LogP contribution in [0.15, 0.2) is 103 Å². The van der Waals surface area contributed by atoms with Crippen molar-refractivity contribution in [1.82, 2.24) is 112 Å². The largest absolute Gasteiger partial charge is 0.441 e. The summed E-state index contributed by atoms with van der Waals surface area (Å²) in [6, 6.07) is 24.4. The van der Waals surface area contributed by atoms with E-state index in [1.165, 1.54) is 12.1 Å². The third-order valence-corrected chi connectivity index (χ3v) is 14.0. The van der Waals surface area contributed by atoms with Gasteiger partial charge in [-0.2, -0.15) is 10.4 Å². The van der Waals surface area contributed by atoms with Gasteiger partial charge >= 0.3 is 11.4 Å². The molecule has 0 aliphatic heterocycles. The van der Waals surface area contributed by atoms with Crippen molar-refractivity contribution in [3.63, 3.8) is 0 Å². The fourth-order valence-electron chi connectivity index (χ4n) is 10.2. The Balaban J connectivity index is 0.000000154. The summed E-state index contributed by atoms with van der Waals surface area (Å²) in [6.45, 7) is 3.86. The van der Waals surface area contributed by atoms with Crippen LogP contribution in [0.2, 0.25) is 0 Å². The van der Waals surface area contributed by atoms with Crippen LogP contribution in [0.3, 0.4) is 0 Å². The number of rotatable bonds is 12. The number of hydrogen-bond donors (Lipinski definition) is 8. The number of H-pyrrole nitrogens is 4. The molecule has 408 valence electrons. The van der Waals surface area contributed by atoms with Crippen LogP contribution >= 0.6 is 0 Å². The summed E-state index contributed by atoms with van der Waals surface area (Å²) in [4.78, 5) is 95.0. The molecule has 12 aromatic rings. The quantitative estimate of drug-likeness (QED) is 0.0871. The average molecular weight is 1100 g/mol. The van der Waals surface area contributed by atoms with Crippen LogP contribution < -0.4 is 32.6 Å². The van der Waals surface area contributed by atoms with Gasteiger partial charge in [-0.05, 0) is 118 Å². The number of nitrogens with one attached hydrogen (secondary N) is 8. The zero-order chi connectivity index (χ0) is 56.2. The van der Waals surface area contributed by atoms with E-state index in [1.54, 1.807) is 26.0 Å². The highest BCUT2D eigenvalue weighted by Crippen LogP contribution is 2.35. The Hall–Kier alpha value is -11.5. The molecular formula is C52H42N22O8. The van der Waals surface area contributed by atoms with E-state index >= 15 is 0 Å². The fraction of sp³-hybridized carbons (Fsp3) is 0.192. The summed E-state index contributed by atoms with van der Waals surface area (Å²) in [5.74, 6) is -0.266. The van der Waals surface area contributed by atoms with Gasteiger partial charge in [-0.15, -0.1) is 30.6 Å². The van der Waals surface area contributed by atoms with E-state index in [9.17, 15) is 28.8 Å². The summed E-state index contributed by atoms with van der Waals surface area (Å²) in [5.41, 5.74) is 8.40. The first-order valence-electron chi connectivity index (χ1n) is 25.5. The van der Waals surface area contributed by atoms with Gasteiger partial charge in [0.15, 0.2) is 22.9 Å². The lowest BCUT2D eigenvalue weighted by atomic mass is 10.0. The minimum Gasteiger partial charge on any atom is -0.441 e. The number of aryl methyl sites for hydroxylation is 4. The Morgan fingerprint density at radius 3 is 1.52 bits per heavy atom. The molecule has 4 aromatic carbocycles. The first-order chi connectivity index (χ1) is 39.8. The second-order valence-corrected chi connectivity index (χ2v) is 19.2. The van der Waals surface area contributed by atoms with E-state index < -0.39 is 35.0 Å². The number of aromatic nitrogens is 18. The number of tetrazole rings is 2. The normalized spacial score (nSPS) is 14.4. The number of amides is 4. The van der Waals surface area contributed by atoms with Crippen LogP contribution in [0.25, 0.3) is 56.5 Å². The molecule has 82 heavy (non-hydrogen) atoms. The molecule has 0 saturated heterocycles. The smallest absolute Gasteiger partial charge is 0.349 e. The summed E-state index contributed by atoms with van der Waals surface area (Å²) in [6.07, 6.45) is 2.83.